The van der Waals surface area contributed by atoms with E-state index < -0.39 is 5.97 Å². The summed E-state index contributed by atoms with van der Waals surface area (Å²) < 4.78 is 0. The Labute approximate surface area is 119 Å². The summed E-state index contributed by atoms with van der Waals surface area (Å²) in [6, 6.07) is -0.00888. The van der Waals surface area contributed by atoms with E-state index in [1.54, 1.807) is 0 Å². The van der Waals surface area contributed by atoms with Crippen molar-refractivity contribution in [1.29, 1.82) is 0 Å². The molecule has 20 heavy (non-hydrogen) atoms. The molecule has 1 unspecified atom stereocenters. The molecule has 5 nitrogen and oxygen atoms in total. The predicted molar refractivity (Wildman–Crippen MR) is 74.3 cm³/mol. The number of likely N-dealkylation sites (tertiary alicyclic amines) is 1. The van der Waals surface area contributed by atoms with Crippen molar-refractivity contribution in [2.24, 2.45) is 23.2 Å². The van der Waals surface area contributed by atoms with Gasteiger partial charge in [-0.2, -0.15) is 0 Å². The fraction of sp³-hybridized carbons (Fsp3) is 0.867. The molecular weight excluding hydrogens is 256 g/mol. The van der Waals surface area contributed by atoms with Gasteiger partial charge in [0.05, 0.1) is 0 Å². The summed E-state index contributed by atoms with van der Waals surface area (Å²) >= 11 is 0. The largest absolute Gasteiger partial charge is 0.481 e. The van der Waals surface area contributed by atoms with E-state index in [1.807, 2.05) is 4.90 Å². The molecule has 4 atom stereocenters. The van der Waals surface area contributed by atoms with Gasteiger partial charge < -0.3 is 15.3 Å². The molecule has 3 rings (SSSR count). The molecule has 0 aromatic heterocycles. The van der Waals surface area contributed by atoms with E-state index >= 15 is 0 Å². The summed E-state index contributed by atoms with van der Waals surface area (Å²) in [5.74, 6) is 1.52. The van der Waals surface area contributed by atoms with Crippen molar-refractivity contribution < 1.29 is 14.7 Å². The molecule has 2 N–H and O–H groups in total. The molecule has 3 aliphatic rings. The topological polar surface area (TPSA) is 69.6 Å². The van der Waals surface area contributed by atoms with Crippen LogP contribution in [0.1, 0.15) is 39.0 Å². The lowest BCUT2D eigenvalue weighted by Crippen LogP contribution is -2.40. The molecule has 1 heterocycles. The number of aliphatic carboxylic acids is 1. The van der Waals surface area contributed by atoms with Crippen LogP contribution in [0.3, 0.4) is 0 Å². The highest BCUT2D eigenvalue weighted by molar-refractivity contribution is 5.74. The average molecular weight is 280 g/mol. The maximum absolute atomic E-state index is 12.2. The molecule has 3 fully saturated rings. The van der Waals surface area contributed by atoms with Crippen LogP contribution in [-0.4, -0.2) is 41.6 Å². The summed E-state index contributed by atoms with van der Waals surface area (Å²) in [5, 5.41) is 11.4. The first-order valence-electron chi connectivity index (χ1n) is 7.75. The summed E-state index contributed by atoms with van der Waals surface area (Å²) in [7, 11) is 0. The number of nitrogens with one attached hydrogen (secondary N) is 1. The second kappa shape index (κ2) is 4.93. The molecule has 2 saturated carbocycles. The average Bonchev–Trinajstić information content (AvgIpc) is 3.03. The van der Waals surface area contributed by atoms with Gasteiger partial charge in [-0.05, 0) is 48.9 Å². The van der Waals surface area contributed by atoms with Gasteiger partial charge in [-0.25, -0.2) is 4.79 Å². The van der Waals surface area contributed by atoms with E-state index in [2.05, 4.69) is 12.2 Å². The van der Waals surface area contributed by atoms with Crippen LogP contribution in [0, 0.1) is 23.2 Å². The van der Waals surface area contributed by atoms with Crippen molar-refractivity contribution >= 4 is 12.0 Å². The van der Waals surface area contributed by atoms with Gasteiger partial charge in [-0.1, -0.05) is 6.92 Å². The number of carboxylic acids is 1. The first kappa shape index (κ1) is 13.7. The highest BCUT2D eigenvalue weighted by Crippen LogP contribution is 2.62. The minimum atomic E-state index is -0.806. The van der Waals surface area contributed by atoms with E-state index in [-0.39, 0.29) is 12.5 Å². The molecule has 0 radical (unpaired) electrons. The minimum Gasteiger partial charge on any atom is -0.481 e. The van der Waals surface area contributed by atoms with Gasteiger partial charge in [-0.3, -0.25) is 4.79 Å². The van der Waals surface area contributed by atoms with Gasteiger partial charge in [0.2, 0.25) is 0 Å². The molecular formula is C15H24N2O3. The lowest BCUT2D eigenvalue weighted by atomic mass is 9.70. The first-order chi connectivity index (χ1) is 9.50. The molecule has 5 heteroatoms. The zero-order valence-corrected chi connectivity index (χ0v) is 12.1. The zero-order valence-electron chi connectivity index (χ0n) is 12.1. The van der Waals surface area contributed by atoms with Gasteiger partial charge in [-0.15, -0.1) is 0 Å². The number of carboxylic acid groups (broad SMARTS) is 1. The van der Waals surface area contributed by atoms with Crippen molar-refractivity contribution in [3.05, 3.63) is 0 Å². The Bertz CT molecular complexity index is 425. The molecule has 1 aliphatic heterocycles. The van der Waals surface area contributed by atoms with Gasteiger partial charge >= 0.3 is 12.0 Å². The van der Waals surface area contributed by atoms with Crippen molar-refractivity contribution in [3.63, 3.8) is 0 Å². The number of hydrogen-bond acceptors (Lipinski definition) is 2. The van der Waals surface area contributed by atoms with E-state index in [9.17, 15) is 9.59 Å². The molecule has 0 aromatic rings. The lowest BCUT2D eigenvalue weighted by molar-refractivity contribution is -0.137. The van der Waals surface area contributed by atoms with Crippen molar-refractivity contribution in [2.45, 2.75) is 39.0 Å². The van der Waals surface area contributed by atoms with Gasteiger partial charge in [0, 0.05) is 26.1 Å². The highest BCUT2D eigenvalue weighted by atomic mass is 16.4. The van der Waals surface area contributed by atoms with Crippen molar-refractivity contribution in [3.8, 4) is 0 Å². The smallest absolute Gasteiger partial charge is 0.317 e. The Morgan fingerprint density at radius 3 is 2.90 bits per heavy atom. The number of nitrogens with zero attached hydrogens (tertiary/aromatic N) is 1. The van der Waals surface area contributed by atoms with Gasteiger partial charge in [0.15, 0.2) is 0 Å². The van der Waals surface area contributed by atoms with Gasteiger partial charge in [0.1, 0.15) is 0 Å². The summed E-state index contributed by atoms with van der Waals surface area (Å²) in [4.78, 5) is 24.5. The number of fused-ring (bicyclic) bond motifs is 5. The number of carbonyl (C=O) groups is 2. The molecule has 2 bridgehead atoms. The van der Waals surface area contributed by atoms with Crippen LogP contribution in [0.15, 0.2) is 0 Å². The third-order valence-electron chi connectivity index (χ3n) is 5.90. The minimum absolute atomic E-state index is 0.00888. The van der Waals surface area contributed by atoms with Crippen LogP contribution < -0.4 is 5.32 Å². The van der Waals surface area contributed by atoms with Crippen molar-refractivity contribution in [1.82, 2.24) is 10.2 Å². The Kier molecular flexibility index (Phi) is 3.38. The summed E-state index contributed by atoms with van der Waals surface area (Å²) in [6.07, 6.45) is 4.67. The Morgan fingerprint density at radius 2 is 2.20 bits per heavy atom. The lowest BCUT2D eigenvalue weighted by Gasteiger charge is -2.34. The molecule has 0 spiro atoms. The molecule has 2 aliphatic carbocycles. The molecule has 2 amide bonds. The quantitative estimate of drug-likeness (QED) is 0.773. The molecule has 112 valence electrons. The fourth-order valence-electron chi connectivity index (χ4n) is 4.84. The maximum Gasteiger partial charge on any atom is 0.317 e. The molecule has 1 saturated heterocycles. The zero-order chi connectivity index (χ0) is 14.3. The number of urea groups is 1. The van der Waals surface area contributed by atoms with Crippen LogP contribution in [0.25, 0.3) is 0 Å². The van der Waals surface area contributed by atoms with Crippen LogP contribution >= 0.6 is 0 Å². The van der Waals surface area contributed by atoms with Crippen LogP contribution in [0.4, 0.5) is 4.79 Å². The second-order valence-electron chi connectivity index (χ2n) is 6.99. The number of carbonyl (C=O) groups excluding carboxylic acids is 1. The Hall–Kier alpha value is -1.26. The van der Waals surface area contributed by atoms with Crippen molar-refractivity contribution in [2.75, 3.05) is 19.6 Å². The second-order valence-corrected chi connectivity index (χ2v) is 6.99. The molecule has 0 aromatic carbocycles. The third kappa shape index (κ3) is 2.17. The number of hydrogen-bond donors (Lipinski definition) is 2. The van der Waals surface area contributed by atoms with E-state index in [0.717, 1.165) is 24.9 Å². The fourth-order valence-corrected chi connectivity index (χ4v) is 4.84. The number of rotatable bonds is 4. The normalized spacial score (nSPS) is 38.0. The summed E-state index contributed by atoms with van der Waals surface area (Å²) in [5.41, 5.74) is 0.335. The highest BCUT2D eigenvalue weighted by Gasteiger charge is 2.59. The van der Waals surface area contributed by atoms with Crippen LogP contribution in [0.2, 0.25) is 0 Å². The van der Waals surface area contributed by atoms with E-state index in [0.29, 0.717) is 24.3 Å². The van der Waals surface area contributed by atoms with Gasteiger partial charge in [0.25, 0.3) is 0 Å². The number of amides is 2. The van der Waals surface area contributed by atoms with E-state index in [4.69, 9.17) is 5.11 Å². The van der Waals surface area contributed by atoms with Crippen LogP contribution in [0.5, 0.6) is 0 Å². The SMILES string of the molecule is C[C@]12CN(C(=O)NCCCC(=O)O)CC1[C@@H]1CC[C@H]2C1. The monoisotopic (exact) mass is 280 g/mol. The third-order valence-corrected chi connectivity index (χ3v) is 5.90. The Balaban J connectivity index is 1.50. The Morgan fingerprint density at radius 1 is 1.40 bits per heavy atom. The first-order valence-corrected chi connectivity index (χ1v) is 7.75. The standard InChI is InChI=1S/C15H24N2O3/c1-15-9-17(14(20)16-6-2-3-13(18)19)8-12(15)10-4-5-11(15)7-10/h10-12H,2-9H2,1H3,(H,16,20)(H,18,19)/t10-,11+,12?,15-/m1/s1. The van der Waals surface area contributed by atoms with Crippen LogP contribution in [-0.2, 0) is 4.79 Å². The predicted octanol–water partition coefficient (Wildman–Crippen LogP) is 1.93. The maximum atomic E-state index is 12.2. The summed E-state index contributed by atoms with van der Waals surface area (Å²) in [6.45, 7) is 4.58. The van der Waals surface area contributed by atoms with E-state index in [1.165, 1.54) is 19.3 Å².